The molecule has 1 N–H and O–H groups in total. The fourth-order valence-electron chi connectivity index (χ4n) is 6.39. The number of halogens is 1. The number of nitrogens with zero attached hydrogens (tertiary/aromatic N) is 3. The maximum absolute atomic E-state index is 12.0. The quantitative estimate of drug-likeness (QED) is 0.341. The Labute approximate surface area is 239 Å². The van der Waals surface area contributed by atoms with Crippen LogP contribution in [0.1, 0.15) is 35.7 Å². The van der Waals surface area contributed by atoms with Crippen LogP contribution in [0.4, 0.5) is 0 Å². The van der Waals surface area contributed by atoms with Gasteiger partial charge in [-0.25, -0.2) is 0 Å². The number of aromatic nitrogens is 2. The molecule has 40 heavy (non-hydrogen) atoms. The number of ether oxygens (including phenoxy) is 3. The van der Waals surface area contributed by atoms with Gasteiger partial charge in [0.2, 0.25) is 5.82 Å². The van der Waals surface area contributed by atoms with E-state index in [-0.39, 0.29) is 24.3 Å². The molecule has 8 rings (SSSR count). The van der Waals surface area contributed by atoms with E-state index in [2.05, 4.69) is 5.16 Å². The Balaban J connectivity index is 0.00000289. The van der Waals surface area contributed by atoms with Crippen LogP contribution in [0.3, 0.4) is 0 Å². The fourth-order valence-corrected chi connectivity index (χ4v) is 6.39. The molecule has 0 radical (unpaired) electrons. The molecule has 3 saturated heterocycles. The van der Waals surface area contributed by atoms with Gasteiger partial charge in [-0.2, -0.15) is 4.98 Å². The Morgan fingerprint density at radius 3 is 2.20 bits per heavy atom. The van der Waals surface area contributed by atoms with Gasteiger partial charge in [-0.1, -0.05) is 65.8 Å². The molecule has 4 aromatic rings. The van der Waals surface area contributed by atoms with Crippen molar-refractivity contribution < 1.29 is 40.7 Å². The lowest BCUT2D eigenvalue weighted by atomic mass is 9.83. The van der Waals surface area contributed by atoms with Gasteiger partial charge in [-0.05, 0) is 23.3 Å². The lowest BCUT2D eigenvalue weighted by Crippen LogP contribution is -3.00. The average Bonchev–Trinajstić information content (AvgIpc) is 3.46. The van der Waals surface area contributed by atoms with Crippen molar-refractivity contribution in [3.63, 3.8) is 0 Å². The number of aliphatic hydroxyl groups is 1. The van der Waals surface area contributed by atoms with E-state index in [1.165, 1.54) is 0 Å². The maximum atomic E-state index is 12.0. The average molecular weight is 562 g/mol. The van der Waals surface area contributed by atoms with Crippen molar-refractivity contribution in [2.24, 2.45) is 5.92 Å². The predicted molar refractivity (Wildman–Crippen MR) is 142 cm³/mol. The van der Waals surface area contributed by atoms with E-state index in [0.29, 0.717) is 42.7 Å². The molecule has 8 nitrogen and oxygen atoms in total. The lowest BCUT2D eigenvalue weighted by Gasteiger charge is -2.51. The third kappa shape index (κ3) is 4.80. The molecule has 1 atom stereocenters. The highest BCUT2D eigenvalue weighted by atomic mass is 35.5. The molecule has 208 valence electrons. The molecule has 3 fully saturated rings. The first-order valence-corrected chi connectivity index (χ1v) is 13.7. The van der Waals surface area contributed by atoms with Gasteiger partial charge in [0.15, 0.2) is 29.7 Å². The molecule has 9 heteroatoms. The van der Waals surface area contributed by atoms with E-state index >= 15 is 0 Å². The molecule has 0 aliphatic carbocycles. The highest BCUT2D eigenvalue weighted by Crippen LogP contribution is 2.40. The number of benzene rings is 3. The van der Waals surface area contributed by atoms with E-state index in [0.717, 1.165) is 54.2 Å². The molecule has 0 spiro atoms. The SMILES string of the molecule is OC(c1ccccc1)(c1ccccc1)c1noc(C[N+]23CCC(CC2)[C@@H](Oc2ccc4c(c2)OCCO4)C3)n1.[Cl-]. The molecule has 0 unspecified atom stereocenters. The number of rotatable bonds is 7. The van der Waals surface area contributed by atoms with Crippen molar-refractivity contribution in [3.05, 3.63) is 102 Å². The van der Waals surface area contributed by atoms with Gasteiger partial charge >= 0.3 is 0 Å². The second-order valence-corrected chi connectivity index (χ2v) is 10.9. The highest BCUT2D eigenvalue weighted by molar-refractivity contribution is 5.46. The minimum atomic E-state index is -1.51. The van der Waals surface area contributed by atoms with Gasteiger partial charge in [-0.15, -0.1) is 0 Å². The highest BCUT2D eigenvalue weighted by Gasteiger charge is 2.48. The third-order valence-corrected chi connectivity index (χ3v) is 8.49. The van der Waals surface area contributed by atoms with Crippen LogP contribution in [-0.4, -0.2) is 58.7 Å². The third-order valence-electron chi connectivity index (χ3n) is 8.49. The molecule has 3 aromatic carbocycles. The summed E-state index contributed by atoms with van der Waals surface area (Å²) in [5, 5.41) is 16.3. The molecule has 4 aliphatic rings. The van der Waals surface area contributed by atoms with Crippen molar-refractivity contribution >= 4 is 0 Å². The lowest BCUT2D eigenvalue weighted by molar-refractivity contribution is -0.959. The van der Waals surface area contributed by atoms with Crippen molar-refractivity contribution in [1.29, 1.82) is 0 Å². The number of piperidine rings is 3. The van der Waals surface area contributed by atoms with Crippen LogP contribution in [0.15, 0.2) is 83.4 Å². The Bertz CT molecular complexity index is 1400. The molecule has 5 heterocycles. The number of quaternary nitrogens is 1. The molecule has 2 bridgehead atoms. The van der Waals surface area contributed by atoms with Crippen LogP contribution in [0.5, 0.6) is 17.2 Å². The van der Waals surface area contributed by atoms with E-state index < -0.39 is 5.60 Å². The minimum absolute atomic E-state index is 0. The van der Waals surface area contributed by atoms with Gasteiger partial charge in [0.25, 0.3) is 5.89 Å². The molecule has 0 amide bonds. The molecule has 0 saturated carbocycles. The van der Waals surface area contributed by atoms with Crippen LogP contribution < -0.4 is 26.6 Å². The van der Waals surface area contributed by atoms with Crippen molar-refractivity contribution in [2.75, 3.05) is 32.8 Å². The summed E-state index contributed by atoms with van der Waals surface area (Å²) in [6, 6.07) is 24.9. The first-order chi connectivity index (χ1) is 19.1. The summed E-state index contributed by atoms with van der Waals surface area (Å²) in [5.41, 5.74) is -0.118. The monoisotopic (exact) mass is 561 g/mol. The molecule has 1 aromatic heterocycles. The smallest absolute Gasteiger partial charge is 0.282 e. The molecular weight excluding hydrogens is 530 g/mol. The second kappa shape index (κ2) is 10.8. The van der Waals surface area contributed by atoms with Gasteiger partial charge in [-0.3, -0.25) is 0 Å². The summed E-state index contributed by atoms with van der Waals surface area (Å²) >= 11 is 0. The van der Waals surface area contributed by atoms with Crippen LogP contribution in [0, 0.1) is 5.92 Å². The predicted octanol–water partition coefficient (Wildman–Crippen LogP) is 1.32. The standard InChI is InChI=1S/C31H32N3O5.ClH/c35-31(23-7-3-1-4-8-23,24-9-5-2-6-10-24)30-32-29(39-33-30)21-34-15-13-22(14-16-34)28(20-34)38-25-11-12-26-27(19-25)37-18-17-36-26;/h1-12,19,22,28,35H,13-18,20-21H2;1H/q+1;/p-1/t22?,28-,34?;/m0./s1. The van der Waals surface area contributed by atoms with E-state index in [4.69, 9.17) is 23.7 Å². The first kappa shape index (κ1) is 26.6. The van der Waals surface area contributed by atoms with Crippen molar-refractivity contribution in [2.45, 2.75) is 31.1 Å². The van der Waals surface area contributed by atoms with Gasteiger partial charge < -0.3 is 40.7 Å². The first-order valence-electron chi connectivity index (χ1n) is 13.7. The zero-order valence-corrected chi connectivity index (χ0v) is 22.9. The zero-order valence-electron chi connectivity index (χ0n) is 22.1. The minimum Gasteiger partial charge on any atom is -1.00 e. The van der Waals surface area contributed by atoms with Gasteiger partial charge in [0, 0.05) is 24.8 Å². The number of hydrogen-bond acceptors (Lipinski definition) is 7. The van der Waals surface area contributed by atoms with Crippen LogP contribution in [0.2, 0.25) is 0 Å². The van der Waals surface area contributed by atoms with Gasteiger partial charge in [0.1, 0.15) is 25.5 Å². The summed E-state index contributed by atoms with van der Waals surface area (Å²) in [4.78, 5) is 4.78. The van der Waals surface area contributed by atoms with E-state index in [9.17, 15) is 5.11 Å². The Hall–Kier alpha value is -3.59. The van der Waals surface area contributed by atoms with Crippen molar-refractivity contribution in [1.82, 2.24) is 10.1 Å². The van der Waals surface area contributed by atoms with Crippen molar-refractivity contribution in [3.8, 4) is 17.2 Å². The fraction of sp³-hybridized carbons (Fsp3) is 0.355. The Morgan fingerprint density at radius 1 is 0.875 bits per heavy atom. The number of fused-ring (bicyclic) bond motifs is 4. The zero-order chi connectivity index (χ0) is 26.3. The Kier molecular flexibility index (Phi) is 7.16. The summed E-state index contributed by atoms with van der Waals surface area (Å²) < 4.78 is 24.6. The molecule has 4 aliphatic heterocycles. The van der Waals surface area contributed by atoms with Crippen LogP contribution in [-0.2, 0) is 12.1 Å². The van der Waals surface area contributed by atoms with E-state index in [1.54, 1.807) is 0 Å². The summed E-state index contributed by atoms with van der Waals surface area (Å²) in [6.45, 7) is 4.70. The molecular formula is C31H32ClN3O5. The Morgan fingerprint density at radius 2 is 1.52 bits per heavy atom. The second-order valence-electron chi connectivity index (χ2n) is 10.9. The maximum Gasteiger partial charge on any atom is 0.282 e. The van der Waals surface area contributed by atoms with Crippen LogP contribution >= 0.6 is 0 Å². The summed E-state index contributed by atoms with van der Waals surface area (Å²) in [6.07, 6.45) is 2.28. The van der Waals surface area contributed by atoms with E-state index in [1.807, 2.05) is 78.9 Å². The largest absolute Gasteiger partial charge is 1.00 e. The normalized spacial score (nSPS) is 23.3. The topological polar surface area (TPSA) is 86.8 Å². The van der Waals surface area contributed by atoms with Gasteiger partial charge in [0.05, 0.1) is 13.1 Å². The van der Waals surface area contributed by atoms with Crippen LogP contribution in [0.25, 0.3) is 0 Å². The summed E-state index contributed by atoms with van der Waals surface area (Å²) in [5.74, 6) is 3.64. The number of hydrogen-bond donors (Lipinski definition) is 1. The summed E-state index contributed by atoms with van der Waals surface area (Å²) in [7, 11) is 0.